The van der Waals surface area contributed by atoms with Crippen molar-refractivity contribution in [3.8, 4) is 0 Å². The van der Waals surface area contributed by atoms with Crippen LogP contribution in [0.15, 0.2) is 65.1 Å². The van der Waals surface area contributed by atoms with Crippen molar-refractivity contribution in [3.63, 3.8) is 0 Å². The first-order valence-corrected chi connectivity index (χ1v) is 8.59. The van der Waals surface area contributed by atoms with Crippen LogP contribution in [-0.2, 0) is 6.54 Å². The summed E-state index contributed by atoms with van der Waals surface area (Å²) in [6, 6.07) is 19.1. The number of aromatic nitrogens is 2. The molecule has 0 aliphatic rings. The van der Waals surface area contributed by atoms with Gasteiger partial charge in [0.05, 0.1) is 0 Å². The molecule has 126 valence electrons. The Morgan fingerprint density at radius 3 is 2.60 bits per heavy atom. The van der Waals surface area contributed by atoms with Gasteiger partial charge in [0.15, 0.2) is 11.5 Å². The highest BCUT2D eigenvalue weighted by Crippen LogP contribution is 2.18. The minimum atomic E-state index is -0.247. The SMILES string of the molecule is Cc1cccc(CNC(=O)c2ccc(Nc3cccc(Br)c3)nn2)c1. The molecule has 1 amide bonds. The summed E-state index contributed by atoms with van der Waals surface area (Å²) in [6.45, 7) is 2.48. The second-order valence-electron chi connectivity index (χ2n) is 5.61. The molecule has 0 saturated carbocycles. The highest BCUT2D eigenvalue weighted by Gasteiger charge is 2.08. The molecule has 6 heteroatoms. The topological polar surface area (TPSA) is 66.9 Å². The number of nitrogens with zero attached hydrogens (tertiary/aromatic N) is 2. The van der Waals surface area contributed by atoms with E-state index in [0.29, 0.717) is 12.4 Å². The Morgan fingerprint density at radius 2 is 1.88 bits per heavy atom. The van der Waals surface area contributed by atoms with Crippen molar-refractivity contribution in [3.05, 3.63) is 82.0 Å². The van der Waals surface area contributed by atoms with Crippen LogP contribution in [0.25, 0.3) is 0 Å². The fourth-order valence-corrected chi connectivity index (χ4v) is 2.73. The Labute approximate surface area is 154 Å². The summed E-state index contributed by atoms with van der Waals surface area (Å²) < 4.78 is 0.970. The van der Waals surface area contributed by atoms with Crippen molar-refractivity contribution < 1.29 is 4.79 Å². The zero-order valence-electron chi connectivity index (χ0n) is 13.7. The van der Waals surface area contributed by atoms with Gasteiger partial charge in [0.2, 0.25) is 0 Å². The van der Waals surface area contributed by atoms with E-state index in [9.17, 15) is 4.79 Å². The van der Waals surface area contributed by atoms with Crippen LogP contribution in [0.1, 0.15) is 21.6 Å². The first-order valence-electron chi connectivity index (χ1n) is 7.80. The van der Waals surface area contributed by atoms with Crippen LogP contribution in [0.4, 0.5) is 11.5 Å². The number of rotatable bonds is 5. The van der Waals surface area contributed by atoms with Crippen LogP contribution in [0.5, 0.6) is 0 Å². The molecule has 2 N–H and O–H groups in total. The molecule has 3 aromatic rings. The predicted molar refractivity (Wildman–Crippen MR) is 102 cm³/mol. The molecule has 0 aliphatic carbocycles. The third-order valence-corrected chi connectivity index (χ3v) is 4.02. The van der Waals surface area contributed by atoms with E-state index in [1.807, 2.05) is 55.5 Å². The summed E-state index contributed by atoms with van der Waals surface area (Å²) in [4.78, 5) is 12.2. The molecule has 0 atom stereocenters. The van der Waals surface area contributed by atoms with Crippen LogP contribution in [0.3, 0.4) is 0 Å². The van der Waals surface area contributed by atoms with Crippen LogP contribution in [-0.4, -0.2) is 16.1 Å². The van der Waals surface area contributed by atoms with E-state index in [-0.39, 0.29) is 11.6 Å². The Bertz CT molecular complexity index is 881. The van der Waals surface area contributed by atoms with Crippen molar-refractivity contribution in [2.45, 2.75) is 13.5 Å². The zero-order chi connectivity index (χ0) is 17.6. The zero-order valence-corrected chi connectivity index (χ0v) is 15.2. The van der Waals surface area contributed by atoms with Gasteiger partial charge >= 0.3 is 0 Å². The monoisotopic (exact) mass is 396 g/mol. The average molecular weight is 397 g/mol. The maximum Gasteiger partial charge on any atom is 0.272 e. The van der Waals surface area contributed by atoms with Crippen molar-refractivity contribution in [2.75, 3.05) is 5.32 Å². The first-order chi connectivity index (χ1) is 12.1. The standard InChI is InChI=1S/C19H17BrN4O/c1-13-4-2-5-14(10-13)12-21-19(25)17-8-9-18(24-23-17)22-16-7-3-6-15(20)11-16/h2-11H,12H2,1H3,(H,21,25)(H,22,24). The summed E-state index contributed by atoms with van der Waals surface area (Å²) >= 11 is 3.42. The molecule has 5 nitrogen and oxygen atoms in total. The molecule has 2 aromatic carbocycles. The number of hydrogen-bond acceptors (Lipinski definition) is 4. The molecule has 0 unspecified atom stereocenters. The largest absolute Gasteiger partial charge is 0.347 e. The van der Waals surface area contributed by atoms with Crippen molar-refractivity contribution in [1.29, 1.82) is 0 Å². The van der Waals surface area contributed by atoms with Crippen LogP contribution >= 0.6 is 15.9 Å². The normalized spacial score (nSPS) is 10.3. The second kappa shape index (κ2) is 7.90. The van der Waals surface area contributed by atoms with Gasteiger partial charge in [-0.2, -0.15) is 0 Å². The third-order valence-electron chi connectivity index (χ3n) is 3.53. The third kappa shape index (κ3) is 4.87. The highest BCUT2D eigenvalue weighted by molar-refractivity contribution is 9.10. The number of anilines is 2. The summed E-state index contributed by atoms with van der Waals surface area (Å²) in [5, 5.41) is 14.0. The molecule has 1 heterocycles. The van der Waals surface area contributed by atoms with Gasteiger partial charge in [0.1, 0.15) is 0 Å². The lowest BCUT2D eigenvalue weighted by Crippen LogP contribution is -2.24. The van der Waals surface area contributed by atoms with E-state index in [0.717, 1.165) is 21.3 Å². The van der Waals surface area contributed by atoms with Crippen molar-refractivity contribution in [1.82, 2.24) is 15.5 Å². The van der Waals surface area contributed by atoms with E-state index in [4.69, 9.17) is 0 Å². The van der Waals surface area contributed by atoms with Gasteiger partial charge in [-0.1, -0.05) is 51.8 Å². The van der Waals surface area contributed by atoms with E-state index < -0.39 is 0 Å². The molecule has 3 rings (SSSR count). The lowest BCUT2D eigenvalue weighted by Gasteiger charge is -2.07. The minimum absolute atomic E-state index is 0.247. The van der Waals surface area contributed by atoms with Crippen LogP contribution in [0.2, 0.25) is 0 Å². The van der Waals surface area contributed by atoms with Crippen LogP contribution < -0.4 is 10.6 Å². The van der Waals surface area contributed by atoms with Gasteiger partial charge in [0, 0.05) is 16.7 Å². The molecule has 0 bridgehead atoms. The summed E-state index contributed by atoms with van der Waals surface area (Å²) in [5.41, 5.74) is 3.39. The van der Waals surface area contributed by atoms with Gasteiger partial charge in [-0.3, -0.25) is 4.79 Å². The Balaban J connectivity index is 1.60. The average Bonchev–Trinajstić information content (AvgIpc) is 2.60. The maximum atomic E-state index is 12.2. The summed E-state index contributed by atoms with van der Waals surface area (Å²) in [6.07, 6.45) is 0. The van der Waals surface area contributed by atoms with Gasteiger partial charge < -0.3 is 10.6 Å². The number of benzene rings is 2. The van der Waals surface area contributed by atoms with Crippen LogP contribution in [0, 0.1) is 6.92 Å². The van der Waals surface area contributed by atoms with Gasteiger partial charge in [-0.15, -0.1) is 10.2 Å². The molecule has 0 spiro atoms. The molecule has 0 aliphatic heterocycles. The number of amides is 1. The molecule has 1 aromatic heterocycles. The van der Waals surface area contributed by atoms with Crippen molar-refractivity contribution in [2.24, 2.45) is 0 Å². The Morgan fingerprint density at radius 1 is 1.04 bits per heavy atom. The highest BCUT2D eigenvalue weighted by atomic mass is 79.9. The molecular formula is C19H17BrN4O. The fourth-order valence-electron chi connectivity index (χ4n) is 2.33. The van der Waals surface area contributed by atoms with E-state index in [2.05, 4.69) is 36.8 Å². The number of carbonyl (C=O) groups is 1. The van der Waals surface area contributed by atoms with Crippen molar-refractivity contribution >= 4 is 33.3 Å². The van der Waals surface area contributed by atoms with E-state index in [1.54, 1.807) is 12.1 Å². The maximum absolute atomic E-state index is 12.2. The number of hydrogen-bond donors (Lipinski definition) is 2. The summed E-state index contributed by atoms with van der Waals surface area (Å²) in [5.74, 6) is 0.330. The molecule has 0 fully saturated rings. The van der Waals surface area contributed by atoms with Gasteiger partial charge in [-0.05, 0) is 42.8 Å². The lowest BCUT2D eigenvalue weighted by atomic mass is 10.1. The smallest absolute Gasteiger partial charge is 0.272 e. The quantitative estimate of drug-likeness (QED) is 0.677. The number of aryl methyl sites for hydroxylation is 1. The van der Waals surface area contributed by atoms with E-state index in [1.165, 1.54) is 0 Å². The lowest BCUT2D eigenvalue weighted by molar-refractivity contribution is 0.0945. The number of carbonyl (C=O) groups excluding carboxylic acids is 1. The van der Waals surface area contributed by atoms with Gasteiger partial charge in [-0.25, -0.2) is 0 Å². The first kappa shape index (κ1) is 17.1. The summed E-state index contributed by atoms with van der Waals surface area (Å²) in [7, 11) is 0. The number of halogens is 1. The second-order valence-corrected chi connectivity index (χ2v) is 6.53. The molecule has 0 saturated heterocycles. The fraction of sp³-hybridized carbons (Fsp3) is 0.105. The Kier molecular flexibility index (Phi) is 5.40. The predicted octanol–water partition coefficient (Wildman–Crippen LogP) is 4.22. The molecule has 0 radical (unpaired) electrons. The van der Waals surface area contributed by atoms with E-state index >= 15 is 0 Å². The van der Waals surface area contributed by atoms with Gasteiger partial charge in [0.25, 0.3) is 5.91 Å². The minimum Gasteiger partial charge on any atom is -0.347 e. The molecular weight excluding hydrogens is 380 g/mol. The Hall–Kier alpha value is -2.73. The molecule has 25 heavy (non-hydrogen) atoms. The number of nitrogens with one attached hydrogen (secondary N) is 2.